The highest BCUT2D eigenvalue weighted by Crippen LogP contribution is 2.24. The van der Waals surface area contributed by atoms with Crippen molar-refractivity contribution < 1.29 is 14.3 Å². The van der Waals surface area contributed by atoms with Gasteiger partial charge >= 0.3 is 0 Å². The topological polar surface area (TPSA) is 88.6 Å². The van der Waals surface area contributed by atoms with E-state index in [1.54, 1.807) is 13.3 Å². The van der Waals surface area contributed by atoms with Gasteiger partial charge in [-0.15, -0.1) is 0 Å². The Kier molecular flexibility index (Phi) is 7.57. The number of rotatable bonds is 8. The Morgan fingerprint density at radius 1 is 0.946 bits per heavy atom. The Labute approximate surface area is 216 Å². The molecule has 0 unspecified atom stereocenters. The second-order valence-electron chi connectivity index (χ2n) is 8.65. The van der Waals surface area contributed by atoms with Gasteiger partial charge in [0.25, 0.3) is 0 Å². The molecule has 1 aliphatic heterocycles. The zero-order valence-corrected chi connectivity index (χ0v) is 20.7. The number of hydrogen-bond donors (Lipinski definition) is 2. The van der Waals surface area contributed by atoms with Gasteiger partial charge in [-0.05, 0) is 48.5 Å². The van der Waals surface area contributed by atoms with Crippen molar-refractivity contribution in [1.82, 2.24) is 9.97 Å². The van der Waals surface area contributed by atoms with Gasteiger partial charge in [-0.1, -0.05) is 30.3 Å². The molecule has 8 nitrogen and oxygen atoms in total. The maximum atomic E-state index is 12.5. The Hall–Kier alpha value is -4.43. The van der Waals surface area contributed by atoms with Gasteiger partial charge in [0.1, 0.15) is 5.75 Å². The molecule has 37 heavy (non-hydrogen) atoms. The predicted octanol–water partition coefficient (Wildman–Crippen LogP) is 4.91. The van der Waals surface area contributed by atoms with Gasteiger partial charge < -0.3 is 25.0 Å². The molecule has 188 valence electrons. The van der Waals surface area contributed by atoms with Gasteiger partial charge in [0.15, 0.2) is 0 Å². The van der Waals surface area contributed by atoms with Gasteiger partial charge in [0.05, 0.1) is 32.4 Å². The van der Waals surface area contributed by atoms with Gasteiger partial charge in [-0.2, -0.15) is 0 Å². The summed E-state index contributed by atoms with van der Waals surface area (Å²) >= 11 is 0. The summed E-state index contributed by atoms with van der Waals surface area (Å²) in [4.78, 5) is 23.9. The molecular formula is C29H29N5O3. The van der Waals surface area contributed by atoms with E-state index in [-0.39, 0.29) is 12.3 Å². The summed E-state index contributed by atoms with van der Waals surface area (Å²) in [7, 11) is 1.60. The summed E-state index contributed by atoms with van der Waals surface area (Å²) in [6, 6.07) is 25.2. The molecule has 1 aromatic heterocycles. The monoisotopic (exact) mass is 495 g/mol. The van der Waals surface area contributed by atoms with E-state index in [0.717, 1.165) is 54.5 Å². The molecule has 0 bridgehead atoms. The summed E-state index contributed by atoms with van der Waals surface area (Å²) in [6.07, 6.45) is 1.97. The molecule has 3 aromatic carbocycles. The largest absolute Gasteiger partial charge is 0.496 e. The molecule has 2 N–H and O–H groups in total. The number of nitrogens with zero attached hydrogens (tertiary/aromatic N) is 3. The Bertz CT molecular complexity index is 1340. The third kappa shape index (κ3) is 6.23. The lowest BCUT2D eigenvalue weighted by molar-refractivity contribution is -0.115. The average molecular weight is 496 g/mol. The lowest BCUT2D eigenvalue weighted by Gasteiger charge is -2.28. The van der Waals surface area contributed by atoms with Gasteiger partial charge in [0, 0.05) is 47.5 Å². The van der Waals surface area contributed by atoms with Crippen LogP contribution in [0.5, 0.6) is 5.75 Å². The van der Waals surface area contributed by atoms with Crippen LogP contribution >= 0.6 is 0 Å². The van der Waals surface area contributed by atoms with E-state index in [4.69, 9.17) is 9.47 Å². The number of carbonyl (C=O) groups excluding carboxylic acids is 1. The van der Waals surface area contributed by atoms with Crippen molar-refractivity contribution in [2.24, 2.45) is 0 Å². The molecule has 4 aromatic rings. The van der Waals surface area contributed by atoms with Crippen molar-refractivity contribution in [3.05, 3.63) is 90.6 Å². The number of para-hydroxylation sites is 1. The third-order valence-electron chi connectivity index (χ3n) is 6.16. The molecule has 0 spiro atoms. The van der Waals surface area contributed by atoms with Crippen LogP contribution in [0.1, 0.15) is 5.56 Å². The average Bonchev–Trinajstić information content (AvgIpc) is 2.95. The van der Waals surface area contributed by atoms with Crippen LogP contribution in [-0.4, -0.2) is 49.3 Å². The molecule has 5 rings (SSSR count). The molecule has 0 radical (unpaired) electrons. The van der Waals surface area contributed by atoms with Crippen molar-refractivity contribution in [2.45, 2.75) is 6.42 Å². The quantitative estimate of drug-likeness (QED) is 0.359. The number of nitrogens with one attached hydrogen (secondary N) is 2. The zero-order chi connectivity index (χ0) is 25.5. The number of hydrogen-bond acceptors (Lipinski definition) is 7. The van der Waals surface area contributed by atoms with Crippen LogP contribution in [0.25, 0.3) is 11.3 Å². The molecule has 1 saturated heterocycles. The minimum Gasteiger partial charge on any atom is -0.496 e. The van der Waals surface area contributed by atoms with Crippen LogP contribution in [0, 0.1) is 0 Å². The second kappa shape index (κ2) is 11.5. The highest BCUT2D eigenvalue weighted by atomic mass is 16.5. The summed E-state index contributed by atoms with van der Waals surface area (Å²) in [5, 5.41) is 6.22. The molecule has 0 aliphatic carbocycles. The fraction of sp³-hybridized carbons (Fsp3) is 0.207. The van der Waals surface area contributed by atoms with Crippen LogP contribution in [0.4, 0.5) is 23.0 Å². The van der Waals surface area contributed by atoms with E-state index in [9.17, 15) is 4.79 Å². The molecule has 0 atom stereocenters. The number of morpholine rings is 1. The minimum absolute atomic E-state index is 0.106. The van der Waals surface area contributed by atoms with Crippen LogP contribution in [-0.2, 0) is 16.0 Å². The van der Waals surface area contributed by atoms with Crippen LogP contribution in [0.3, 0.4) is 0 Å². The van der Waals surface area contributed by atoms with Gasteiger partial charge in [0.2, 0.25) is 11.9 Å². The number of carbonyl (C=O) groups is 1. The summed E-state index contributed by atoms with van der Waals surface area (Å²) in [5.74, 6) is 1.12. The first-order chi connectivity index (χ1) is 18.2. The SMILES string of the molecule is COc1ccccc1CC(=O)Nc1ccc(-c2ccnc(Nc3ccc(N4CCOCC4)cc3)n2)cc1. The molecule has 1 fully saturated rings. The maximum absolute atomic E-state index is 12.5. The van der Waals surface area contributed by atoms with Crippen molar-refractivity contribution in [2.75, 3.05) is 48.9 Å². The molecule has 8 heteroatoms. The highest BCUT2D eigenvalue weighted by molar-refractivity contribution is 5.92. The Morgan fingerprint density at radius 3 is 2.43 bits per heavy atom. The lowest BCUT2D eigenvalue weighted by atomic mass is 10.1. The normalized spacial score (nSPS) is 13.2. The molecule has 2 heterocycles. The second-order valence-corrected chi connectivity index (χ2v) is 8.65. The van der Waals surface area contributed by atoms with Crippen molar-refractivity contribution in [3.63, 3.8) is 0 Å². The minimum atomic E-state index is -0.106. The molecule has 1 aliphatic rings. The first-order valence-corrected chi connectivity index (χ1v) is 12.2. The number of aromatic nitrogens is 2. The fourth-order valence-corrected chi connectivity index (χ4v) is 4.24. The maximum Gasteiger partial charge on any atom is 0.228 e. The number of ether oxygens (including phenoxy) is 2. The Morgan fingerprint density at radius 2 is 1.68 bits per heavy atom. The number of anilines is 4. The molecule has 0 saturated carbocycles. The predicted molar refractivity (Wildman–Crippen MR) is 146 cm³/mol. The zero-order valence-electron chi connectivity index (χ0n) is 20.7. The van der Waals surface area contributed by atoms with E-state index in [1.165, 1.54) is 5.69 Å². The first-order valence-electron chi connectivity index (χ1n) is 12.2. The van der Waals surface area contributed by atoms with Crippen LogP contribution in [0.2, 0.25) is 0 Å². The number of benzene rings is 3. The Balaban J connectivity index is 1.21. The molecular weight excluding hydrogens is 466 g/mol. The summed E-state index contributed by atoms with van der Waals surface area (Å²) in [6.45, 7) is 3.33. The van der Waals surface area contributed by atoms with Crippen molar-refractivity contribution >= 4 is 28.9 Å². The third-order valence-corrected chi connectivity index (χ3v) is 6.16. The highest BCUT2D eigenvalue weighted by Gasteiger charge is 2.12. The van der Waals surface area contributed by atoms with Gasteiger partial charge in [-0.25, -0.2) is 9.97 Å². The van der Waals surface area contributed by atoms with E-state index in [1.807, 2.05) is 66.7 Å². The number of amides is 1. The van der Waals surface area contributed by atoms with Crippen LogP contribution in [0.15, 0.2) is 85.1 Å². The standard InChI is InChI=1S/C29H29N5O3/c1-36-27-5-3-2-4-22(27)20-28(35)31-23-8-6-21(7-9-23)26-14-15-30-29(33-26)32-24-10-12-25(13-11-24)34-16-18-37-19-17-34/h2-15H,16-20H2,1H3,(H,31,35)(H,30,32,33). The number of methoxy groups -OCH3 is 1. The van der Waals surface area contributed by atoms with E-state index >= 15 is 0 Å². The fourth-order valence-electron chi connectivity index (χ4n) is 4.24. The molecule has 1 amide bonds. The first kappa shape index (κ1) is 24.3. The van der Waals surface area contributed by atoms with E-state index in [2.05, 4.69) is 37.6 Å². The smallest absolute Gasteiger partial charge is 0.228 e. The summed E-state index contributed by atoms with van der Waals surface area (Å²) < 4.78 is 10.8. The van der Waals surface area contributed by atoms with Crippen LogP contribution < -0.4 is 20.3 Å². The van der Waals surface area contributed by atoms with E-state index < -0.39 is 0 Å². The summed E-state index contributed by atoms with van der Waals surface area (Å²) in [5.41, 5.74) is 5.37. The lowest BCUT2D eigenvalue weighted by Crippen LogP contribution is -2.36. The van der Waals surface area contributed by atoms with Crippen molar-refractivity contribution in [3.8, 4) is 17.0 Å². The van der Waals surface area contributed by atoms with Gasteiger partial charge in [-0.3, -0.25) is 4.79 Å². The van der Waals surface area contributed by atoms with E-state index in [0.29, 0.717) is 11.7 Å². The van der Waals surface area contributed by atoms with Crippen molar-refractivity contribution in [1.29, 1.82) is 0 Å².